The average Bonchev–Trinajstić information content (AvgIpc) is 2.38. The third kappa shape index (κ3) is 2.33. The molecule has 1 heterocycles. The number of benzene rings is 1. The fourth-order valence-electron chi connectivity index (χ4n) is 1.71. The van der Waals surface area contributed by atoms with E-state index in [0.29, 0.717) is 11.4 Å². The molecule has 0 saturated heterocycles. The molecule has 0 amide bonds. The molecule has 1 aromatic carbocycles. The van der Waals surface area contributed by atoms with Crippen molar-refractivity contribution in [2.24, 2.45) is 0 Å². The van der Waals surface area contributed by atoms with Crippen LogP contribution in [-0.2, 0) is 0 Å². The van der Waals surface area contributed by atoms with Gasteiger partial charge in [0, 0.05) is 11.8 Å². The summed E-state index contributed by atoms with van der Waals surface area (Å²) >= 11 is 0. The van der Waals surface area contributed by atoms with Gasteiger partial charge in [-0.05, 0) is 18.6 Å². The van der Waals surface area contributed by atoms with Crippen molar-refractivity contribution in [1.82, 2.24) is 4.98 Å². The molecule has 0 bridgehead atoms. The number of aldehydes is 1. The van der Waals surface area contributed by atoms with Gasteiger partial charge >= 0.3 is 0 Å². The molecule has 86 valence electrons. The monoisotopic (exact) mass is 227 g/mol. The third-order valence-electron chi connectivity index (χ3n) is 2.55. The van der Waals surface area contributed by atoms with Gasteiger partial charge in [-0.2, -0.15) is 0 Å². The van der Waals surface area contributed by atoms with E-state index in [2.05, 4.69) is 11.1 Å². The molecule has 2 rings (SSSR count). The zero-order valence-corrected chi connectivity index (χ0v) is 9.81. The summed E-state index contributed by atoms with van der Waals surface area (Å²) < 4.78 is 5.01. The van der Waals surface area contributed by atoms with Crippen LogP contribution in [0.15, 0.2) is 36.5 Å². The molecular formula is C14H13NO2. The third-order valence-corrected chi connectivity index (χ3v) is 2.55. The minimum absolute atomic E-state index is 0.358. The lowest BCUT2D eigenvalue weighted by Gasteiger charge is -2.06. The largest absolute Gasteiger partial charge is 0.480 e. The second-order valence-electron chi connectivity index (χ2n) is 3.81. The molecule has 0 N–H and O–H groups in total. The van der Waals surface area contributed by atoms with Gasteiger partial charge in [-0.25, -0.2) is 4.98 Å². The molecule has 0 spiro atoms. The maximum Gasteiger partial charge on any atom is 0.223 e. The number of hydrogen-bond acceptors (Lipinski definition) is 3. The maximum atomic E-state index is 10.9. The van der Waals surface area contributed by atoms with Gasteiger partial charge in [0.05, 0.1) is 12.7 Å². The Balaban J connectivity index is 2.50. The summed E-state index contributed by atoms with van der Waals surface area (Å²) in [5.41, 5.74) is 3.59. The quantitative estimate of drug-likeness (QED) is 0.757. The number of rotatable bonds is 3. The molecule has 0 unspecified atom stereocenters. The van der Waals surface area contributed by atoms with Gasteiger partial charge in [-0.3, -0.25) is 4.79 Å². The molecule has 17 heavy (non-hydrogen) atoms. The Morgan fingerprint density at radius 3 is 2.71 bits per heavy atom. The van der Waals surface area contributed by atoms with Gasteiger partial charge in [-0.1, -0.05) is 29.8 Å². The van der Waals surface area contributed by atoms with Crippen LogP contribution in [0, 0.1) is 6.92 Å². The highest BCUT2D eigenvalue weighted by atomic mass is 16.5. The van der Waals surface area contributed by atoms with Gasteiger partial charge in [0.1, 0.15) is 0 Å². The fraction of sp³-hybridized carbons (Fsp3) is 0.143. The Labute approximate surface area is 100 Å². The molecule has 1 aromatic heterocycles. The topological polar surface area (TPSA) is 39.2 Å². The normalized spacial score (nSPS) is 10.0. The van der Waals surface area contributed by atoms with E-state index in [0.717, 1.165) is 17.4 Å². The van der Waals surface area contributed by atoms with Crippen molar-refractivity contribution >= 4 is 6.29 Å². The van der Waals surface area contributed by atoms with Crippen LogP contribution in [0.4, 0.5) is 0 Å². The van der Waals surface area contributed by atoms with Crippen LogP contribution >= 0.6 is 0 Å². The van der Waals surface area contributed by atoms with Crippen molar-refractivity contribution in [1.29, 1.82) is 0 Å². The lowest BCUT2D eigenvalue weighted by atomic mass is 10.0. The molecule has 0 fully saturated rings. The lowest BCUT2D eigenvalue weighted by Crippen LogP contribution is -1.94. The van der Waals surface area contributed by atoms with Crippen LogP contribution in [0.5, 0.6) is 5.88 Å². The van der Waals surface area contributed by atoms with Crippen molar-refractivity contribution < 1.29 is 9.53 Å². The molecule has 0 aliphatic heterocycles. The molecule has 0 atom stereocenters. The van der Waals surface area contributed by atoms with Gasteiger partial charge in [0.15, 0.2) is 6.29 Å². The number of hydrogen-bond donors (Lipinski definition) is 0. The van der Waals surface area contributed by atoms with Crippen molar-refractivity contribution in [3.8, 4) is 17.0 Å². The fourth-order valence-corrected chi connectivity index (χ4v) is 1.71. The smallest absolute Gasteiger partial charge is 0.223 e. The van der Waals surface area contributed by atoms with E-state index >= 15 is 0 Å². The molecule has 0 aliphatic rings. The number of nitrogens with zero attached hydrogens (tertiary/aromatic N) is 1. The van der Waals surface area contributed by atoms with Gasteiger partial charge < -0.3 is 4.74 Å². The minimum Gasteiger partial charge on any atom is -0.480 e. The summed E-state index contributed by atoms with van der Waals surface area (Å²) in [6, 6.07) is 9.84. The highest BCUT2D eigenvalue weighted by molar-refractivity contribution is 5.81. The molecule has 0 radical (unpaired) electrons. The van der Waals surface area contributed by atoms with Crippen LogP contribution in [0.3, 0.4) is 0 Å². The number of carbonyl (C=O) groups is 1. The summed E-state index contributed by atoms with van der Waals surface area (Å²) in [5, 5.41) is 0. The second-order valence-corrected chi connectivity index (χ2v) is 3.81. The number of aromatic nitrogens is 1. The zero-order valence-electron chi connectivity index (χ0n) is 9.81. The summed E-state index contributed by atoms with van der Waals surface area (Å²) in [5.74, 6) is 0.358. The van der Waals surface area contributed by atoms with Crippen LogP contribution in [0.2, 0.25) is 0 Å². The first-order chi connectivity index (χ1) is 8.24. The van der Waals surface area contributed by atoms with E-state index in [9.17, 15) is 4.79 Å². The molecular weight excluding hydrogens is 214 g/mol. The summed E-state index contributed by atoms with van der Waals surface area (Å²) in [4.78, 5) is 15.0. The maximum absolute atomic E-state index is 10.9. The van der Waals surface area contributed by atoms with Crippen LogP contribution < -0.4 is 4.74 Å². The van der Waals surface area contributed by atoms with E-state index in [1.807, 2.05) is 25.1 Å². The average molecular weight is 227 g/mol. The number of ether oxygens (including phenoxy) is 1. The van der Waals surface area contributed by atoms with E-state index < -0.39 is 0 Å². The minimum atomic E-state index is 0.358. The Hall–Kier alpha value is -2.16. The number of methoxy groups -OCH3 is 1. The van der Waals surface area contributed by atoms with Crippen LogP contribution in [0.25, 0.3) is 11.1 Å². The molecule has 3 heteroatoms. The summed E-state index contributed by atoms with van der Waals surface area (Å²) in [6.45, 7) is 2.03. The van der Waals surface area contributed by atoms with Crippen molar-refractivity contribution in [3.63, 3.8) is 0 Å². The van der Waals surface area contributed by atoms with Gasteiger partial charge in [0.25, 0.3) is 0 Å². The Bertz CT molecular complexity index is 550. The standard InChI is InChI=1S/C14H13NO2/c1-10-4-3-5-11(6-10)12-7-13(9-16)14(17-2)15-8-12/h3-9H,1-2H3. The van der Waals surface area contributed by atoms with E-state index in [4.69, 9.17) is 4.74 Å². The predicted octanol–water partition coefficient (Wildman–Crippen LogP) is 2.88. The van der Waals surface area contributed by atoms with E-state index in [1.165, 1.54) is 12.7 Å². The molecule has 2 aromatic rings. The number of aryl methyl sites for hydroxylation is 1. The van der Waals surface area contributed by atoms with E-state index in [-0.39, 0.29) is 0 Å². The van der Waals surface area contributed by atoms with Crippen molar-refractivity contribution in [2.45, 2.75) is 6.92 Å². The Kier molecular flexibility index (Phi) is 3.19. The first kappa shape index (κ1) is 11.3. The van der Waals surface area contributed by atoms with Crippen LogP contribution in [0.1, 0.15) is 15.9 Å². The van der Waals surface area contributed by atoms with Gasteiger partial charge in [0.2, 0.25) is 5.88 Å². The van der Waals surface area contributed by atoms with Crippen molar-refractivity contribution in [2.75, 3.05) is 7.11 Å². The SMILES string of the molecule is COc1ncc(-c2cccc(C)c2)cc1C=O. The second kappa shape index (κ2) is 4.78. The van der Waals surface area contributed by atoms with E-state index in [1.54, 1.807) is 12.3 Å². The number of carbonyl (C=O) groups excluding carboxylic acids is 1. The molecule has 0 saturated carbocycles. The summed E-state index contributed by atoms with van der Waals surface area (Å²) in [6.07, 6.45) is 2.46. The number of pyridine rings is 1. The van der Waals surface area contributed by atoms with Gasteiger partial charge in [-0.15, -0.1) is 0 Å². The lowest BCUT2D eigenvalue weighted by molar-refractivity contribution is 0.112. The predicted molar refractivity (Wildman–Crippen MR) is 66.3 cm³/mol. The Morgan fingerprint density at radius 1 is 1.24 bits per heavy atom. The zero-order chi connectivity index (χ0) is 12.3. The van der Waals surface area contributed by atoms with Crippen LogP contribution in [-0.4, -0.2) is 18.4 Å². The van der Waals surface area contributed by atoms with Crippen molar-refractivity contribution in [3.05, 3.63) is 47.7 Å². The molecule has 3 nitrogen and oxygen atoms in total. The highest BCUT2D eigenvalue weighted by Crippen LogP contribution is 2.23. The highest BCUT2D eigenvalue weighted by Gasteiger charge is 2.06. The Morgan fingerprint density at radius 2 is 2.06 bits per heavy atom. The molecule has 0 aliphatic carbocycles. The summed E-state index contributed by atoms with van der Waals surface area (Å²) in [7, 11) is 1.50. The first-order valence-electron chi connectivity index (χ1n) is 5.31. The first-order valence-corrected chi connectivity index (χ1v) is 5.31.